The van der Waals surface area contributed by atoms with E-state index in [-0.39, 0.29) is 22.7 Å². The monoisotopic (exact) mass is 432 g/mol. The third-order valence-electron chi connectivity index (χ3n) is 4.48. The van der Waals surface area contributed by atoms with Crippen molar-refractivity contribution >= 4 is 33.0 Å². The lowest BCUT2D eigenvalue weighted by molar-refractivity contribution is -0.141. The van der Waals surface area contributed by atoms with Gasteiger partial charge in [0.1, 0.15) is 10.9 Å². The number of pyridine rings is 1. The second kappa shape index (κ2) is 7.17. The molecule has 0 amide bonds. The van der Waals surface area contributed by atoms with Gasteiger partial charge in [-0.15, -0.1) is 11.3 Å². The molecule has 0 radical (unpaired) electrons. The molecular weight excluding hydrogens is 421 g/mol. The summed E-state index contributed by atoms with van der Waals surface area (Å²) < 4.78 is 43.1. The maximum absolute atomic E-state index is 13.7. The molecular formula is C20H12ClF3N4S. The molecule has 0 fully saturated rings. The van der Waals surface area contributed by atoms with E-state index in [2.05, 4.69) is 16.2 Å². The minimum Gasteiger partial charge on any atom is -0.272 e. The Morgan fingerprint density at radius 3 is 2.69 bits per heavy atom. The number of halogens is 4. The van der Waals surface area contributed by atoms with E-state index in [1.807, 2.05) is 0 Å². The molecule has 4 rings (SSSR count). The van der Waals surface area contributed by atoms with Crippen LogP contribution < -0.4 is 0 Å². The van der Waals surface area contributed by atoms with Crippen LogP contribution in [0.2, 0.25) is 5.02 Å². The molecule has 0 saturated carbocycles. The highest BCUT2D eigenvalue weighted by Crippen LogP contribution is 2.45. The average Bonchev–Trinajstić information content (AvgIpc) is 3.31. The third-order valence-corrected chi connectivity index (χ3v) is 5.77. The molecule has 0 aliphatic heterocycles. The Balaban J connectivity index is 2.05. The van der Waals surface area contributed by atoms with Crippen molar-refractivity contribution < 1.29 is 13.2 Å². The zero-order valence-electron chi connectivity index (χ0n) is 15.0. The molecule has 3 aromatic heterocycles. The summed E-state index contributed by atoms with van der Waals surface area (Å²) in [5.41, 5.74) is 0.263. The largest absolute Gasteiger partial charge is 0.435 e. The van der Waals surface area contributed by atoms with Gasteiger partial charge in [-0.1, -0.05) is 23.7 Å². The highest BCUT2D eigenvalue weighted by Gasteiger charge is 2.38. The average molecular weight is 433 g/mol. The van der Waals surface area contributed by atoms with Crippen LogP contribution in [-0.2, 0) is 12.7 Å². The summed E-state index contributed by atoms with van der Waals surface area (Å²) >= 11 is 7.67. The highest BCUT2D eigenvalue weighted by atomic mass is 35.5. The van der Waals surface area contributed by atoms with Gasteiger partial charge in [-0.2, -0.15) is 23.5 Å². The maximum Gasteiger partial charge on any atom is 0.435 e. The first-order valence-electron chi connectivity index (χ1n) is 8.55. The number of aryl methyl sites for hydroxylation is 1. The van der Waals surface area contributed by atoms with Crippen LogP contribution in [-0.4, -0.2) is 14.8 Å². The second-order valence-corrected chi connectivity index (χ2v) is 7.72. The van der Waals surface area contributed by atoms with Gasteiger partial charge < -0.3 is 0 Å². The number of nitriles is 1. The molecule has 0 N–H and O–H groups in total. The van der Waals surface area contributed by atoms with Crippen molar-refractivity contribution in [2.24, 2.45) is 0 Å². The molecule has 1 aromatic carbocycles. The van der Waals surface area contributed by atoms with E-state index in [9.17, 15) is 18.4 Å². The lowest BCUT2D eigenvalue weighted by Gasteiger charge is -2.13. The molecule has 0 aliphatic rings. The van der Waals surface area contributed by atoms with Crippen LogP contribution in [0.25, 0.3) is 32.3 Å². The second-order valence-electron chi connectivity index (χ2n) is 6.23. The third kappa shape index (κ3) is 3.37. The first-order valence-corrected chi connectivity index (χ1v) is 9.74. The molecule has 0 aliphatic carbocycles. The van der Waals surface area contributed by atoms with E-state index in [1.54, 1.807) is 43.6 Å². The zero-order valence-corrected chi connectivity index (χ0v) is 16.5. The van der Waals surface area contributed by atoms with Gasteiger partial charge >= 0.3 is 6.18 Å². The van der Waals surface area contributed by atoms with Crippen molar-refractivity contribution in [1.82, 2.24) is 14.8 Å². The molecule has 0 bridgehead atoms. The normalized spacial score (nSPS) is 11.7. The predicted molar refractivity (Wildman–Crippen MR) is 107 cm³/mol. The number of benzene rings is 1. The summed E-state index contributed by atoms with van der Waals surface area (Å²) in [5, 5.41) is 13.8. The summed E-state index contributed by atoms with van der Waals surface area (Å²) in [4.78, 5) is 4.70. The Kier molecular flexibility index (Phi) is 4.81. The van der Waals surface area contributed by atoms with Crippen molar-refractivity contribution in [2.75, 3.05) is 0 Å². The van der Waals surface area contributed by atoms with Crippen LogP contribution in [0, 0.1) is 11.3 Å². The fraction of sp³-hybridized carbons (Fsp3) is 0.150. The lowest BCUT2D eigenvalue weighted by atomic mass is 9.94. The molecule has 0 saturated heterocycles. The summed E-state index contributed by atoms with van der Waals surface area (Å²) in [7, 11) is 0. The van der Waals surface area contributed by atoms with E-state index in [0.717, 1.165) is 10.1 Å². The molecule has 0 atom stereocenters. The van der Waals surface area contributed by atoms with Crippen LogP contribution in [0.1, 0.15) is 17.5 Å². The molecule has 0 unspecified atom stereocenters. The fourth-order valence-electron chi connectivity index (χ4n) is 3.23. The number of nitrogens with zero attached hydrogens (tertiary/aromatic N) is 4. The van der Waals surface area contributed by atoms with E-state index in [0.29, 0.717) is 16.0 Å². The zero-order chi connectivity index (χ0) is 20.8. The van der Waals surface area contributed by atoms with Gasteiger partial charge in [0.15, 0.2) is 5.69 Å². The lowest BCUT2D eigenvalue weighted by Crippen LogP contribution is -2.09. The minimum atomic E-state index is -4.63. The summed E-state index contributed by atoms with van der Waals surface area (Å²) in [6.07, 6.45) is -0.0735. The summed E-state index contributed by atoms with van der Waals surface area (Å²) in [5.74, 6) is 0. The van der Waals surface area contributed by atoms with Crippen molar-refractivity contribution in [2.45, 2.75) is 19.6 Å². The standard InChI is InChI=1S/C20H12ClF3N4S/c1-2-28-10-15(19(27-28)20(22,23)24)18-12(4-3-5-16(18)21)14-8-26-9-17-13(14)6-11(7-25)29-17/h3-6,8-10H,2H2,1H3. The van der Waals surface area contributed by atoms with Gasteiger partial charge in [0.2, 0.25) is 0 Å². The highest BCUT2D eigenvalue weighted by molar-refractivity contribution is 7.19. The predicted octanol–water partition coefficient (Wildman–Crippen LogP) is 6.39. The van der Waals surface area contributed by atoms with Gasteiger partial charge in [-0.25, -0.2) is 0 Å². The molecule has 3 heterocycles. The van der Waals surface area contributed by atoms with Crippen LogP contribution >= 0.6 is 22.9 Å². The number of hydrogen-bond acceptors (Lipinski definition) is 4. The fourth-order valence-corrected chi connectivity index (χ4v) is 4.36. The van der Waals surface area contributed by atoms with E-state index in [4.69, 9.17) is 11.6 Å². The Hall–Kier alpha value is -2.89. The maximum atomic E-state index is 13.7. The smallest absolute Gasteiger partial charge is 0.272 e. The Morgan fingerprint density at radius 2 is 2.00 bits per heavy atom. The van der Waals surface area contributed by atoms with Crippen molar-refractivity contribution in [3.8, 4) is 28.3 Å². The number of alkyl halides is 3. The van der Waals surface area contributed by atoms with Crippen LogP contribution in [0.5, 0.6) is 0 Å². The van der Waals surface area contributed by atoms with E-state index < -0.39 is 11.9 Å². The van der Waals surface area contributed by atoms with Crippen LogP contribution in [0.4, 0.5) is 13.2 Å². The molecule has 9 heteroatoms. The van der Waals surface area contributed by atoms with Gasteiger partial charge in [0, 0.05) is 52.2 Å². The Bertz CT molecular complexity index is 1270. The molecule has 0 spiro atoms. The van der Waals surface area contributed by atoms with Gasteiger partial charge in [-0.05, 0) is 24.6 Å². The quantitative estimate of drug-likeness (QED) is 0.377. The summed E-state index contributed by atoms with van der Waals surface area (Å²) in [6, 6.07) is 8.73. The number of hydrogen-bond donors (Lipinski definition) is 0. The summed E-state index contributed by atoms with van der Waals surface area (Å²) in [6.45, 7) is 2.00. The van der Waals surface area contributed by atoms with E-state index >= 15 is 0 Å². The molecule has 29 heavy (non-hydrogen) atoms. The van der Waals surface area contributed by atoms with Crippen molar-refractivity contribution in [1.29, 1.82) is 5.26 Å². The minimum absolute atomic E-state index is 0.0901. The van der Waals surface area contributed by atoms with Crippen LogP contribution in [0.3, 0.4) is 0 Å². The van der Waals surface area contributed by atoms with Gasteiger partial charge in [-0.3, -0.25) is 9.67 Å². The van der Waals surface area contributed by atoms with Crippen molar-refractivity contribution in [3.05, 3.63) is 58.4 Å². The molecule has 146 valence electrons. The molecule has 4 nitrogen and oxygen atoms in total. The van der Waals surface area contributed by atoms with Crippen LogP contribution in [0.15, 0.2) is 42.9 Å². The Morgan fingerprint density at radius 1 is 1.21 bits per heavy atom. The molecule has 4 aromatic rings. The van der Waals surface area contributed by atoms with Gasteiger partial charge in [0.05, 0.1) is 4.70 Å². The van der Waals surface area contributed by atoms with Crippen molar-refractivity contribution in [3.63, 3.8) is 0 Å². The Labute approximate surface area is 172 Å². The van der Waals surface area contributed by atoms with E-state index in [1.165, 1.54) is 22.2 Å². The van der Waals surface area contributed by atoms with Gasteiger partial charge in [0.25, 0.3) is 0 Å². The topological polar surface area (TPSA) is 54.5 Å². The number of thiophene rings is 1. The number of aromatic nitrogens is 3. The first kappa shape index (κ1) is 19.4. The first-order chi connectivity index (χ1) is 13.8. The number of fused-ring (bicyclic) bond motifs is 1. The number of rotatable bonds is 3. The SMILES string of the molecule is CCn1cc(-c2c(Cl)cccc2-c2cncc3sc(C#N)cc23)c(C(F)(F)F)n1.